The van der Waals surface area contributed by atoms with Gasteiger partial charge in [0.15, 0.2) is 0 Å². The van der Waals surface area contributed by atoms with Crippen LogP contribution in [0, 0.1) is 29.6 Å². The first kappa shape index (κ1) is 25.7. The van der Waals surface area contributed by atoms with Crippen molar-refractivity contribution in [2.45, 2.75) is 104 Å². The van der Waals surface area contributed by atoms with Crippen LogP contribution < -0.4 is 15.4 Å². The molecule has 0 aromatic heterocycles. The van der Waals surface area contributed by atoms with Crippen molar-refractivity contribution in [1.29, 1.82) is 0 Å². The molecule has 1 aromatic rings. The minimum atomic E-state index is -0.255. The molecule has 1 aromatic carbocycles. The fourth-order valence-corrected chi connectivity index (χ4v) is 8.71. The summed E-state index contributed by atoms with van der Waals surface area (Å²) in [5.74, 6) is 2.05. The van der Waals surface area contributed by atoms with Gasteiger partial charge >= 0.3 is 5.97 Å². The Morgan fingerprint density at radius 3 is 2.56 bits per heavy atom. The largest absolute Gasteiger partial charge is 0.425 e. The number of esters is 1. The Morgan fingerprint density at radius 1 is 1.09 bits per heavy atom. The summed E-state index contributed by atoms with van der Waals surface area (Å²) in [5.41, 5.74) is 5.35. The molecule has 0 aliphatic heterocycles. The SMILES string of the molecule is CNCCCCC(NC)C(=O)Oc1cc(C)c2c(c1)C[C@H]1[C@@]2(C)CCC2C(C)(C)CCC[C@@]21C. The van der Waals surface area contributed by atoms with E-state index in [2.05, 4.69) is 57.4 Å². The average Bonchev–Trinajstić information content (AvgIpc) is 3.07. The van der Waals surface area contributed by atoms with E-state index >= 15 is 0 Å². The molecule has 190 valence electrons. The van der Waals surface area contributed by atoms with E-state index in [9.17, 15) is 4.79 Å². The summed E-state index contributed by atoms with van der Waals surface area (Å²) in [7, 11) is 3.82. The highest BCUT2D eigenvalue weighted by Gasteiger charge is 2.61. The van der Waals surface area contributed by atoms with Crippen LogP contribution in [0.25, 0.3) is 0 Å². The van der Waals surface area contributed by atoms with Crippen molar-refractivity contribution in [3.05, 3.63) is 28.8 Å². The summed E-state index contributed by atoms with van der Waals surface area (Å²) in [5, 5.41) is 6.33. The van der Waals surface area contributed by atoms with Gasteiger partial charge in [0.1, 0.15) is 11.8 Å². The summed E-state index contributed by atoms with van der Waals surface area (Å²) < 4.78 is 5.96. The molecule has 0 saturated heterocycles. The second-order valence-electron chi connectivity index (χ2n) is 12.7. The van der Waals surface area contributed by atoms with E-state index in [0.29, 0.717) is 16.7 Å². The number of unbranched alkanes of at least 4 members (excludes halogenated alkanes) is 1. The second-order valence-corrected chi connectivity index (χ2v) is 12.7. The molecule has 0 amide bonds. The number of nitrogens with one attached hydrogen (secondary N) is 2. The molecule has 34 heavy (non-hydrogen) atoms. The number of carbonyl (C=O) groups excluding carboxylic acids is 1. The first-order chi connectivity index (χ1) is 16.1. The van der Waals surface area contributed by atoms with Gasteiger partial charge in [-0.2, -0.15) is 0 Å². The van der Waals surface area contributed by atoms with Crippen molar-refractivity contribution in [2.75, 3.05) is 20.6 Å². The van der Waals surface area contributed by atoms with Crippen LogP contribution in [-0.4, -0.2) is 32.7 Å². The highest BCUT2D eigenvalue weighted by molar-refractivity contribution is 5.78. The van der Waals surface area contributed by atoms with Crippen LogP contribution in [0.15, 0.2) is 12.1 Å². The molecule has 0 heterocycles. The van der Waals surface area contributed by atoms with Gasteiger partial charge in [-0.1, -0.05) is 40.5 Å². The van der Waals surface area contributed by atoms with E-state index in [0.717, 1.165) is 43.9 Å². The zero-order chi connectivity index (χ0) is 24.7. The number of rotatable bonds is 8. The van der Waals surface area contributed by atoms with Gasteiger partial charge in [0, 0.05) is 0 Å². The van der Waals surface area contributed by atoms with Crippen LogP contribution in [0.4, 0.5) is 0 Å². The van der Waals surface area contributed by atoms with Crippen molar-refractivity contribution in [1.82, 2.24) is 10.6 Å². The minimum absolute atomic E-state index is 0.158. The number of hydrogen-bond acceptors (Lipinski definition) is 4. The summed E-state index contributed by atoms with van der Waals surface area (Å²) >= 11 is 0. The van der Waals surface area contributed by atoms with Gasteiger partial charge in [-0.15, -0.1) is 0 Å². The fourth-order valence-electron chi connectivity index (χ4n) is 8.71. The minimum Gasteiger partial charge on any atom is -0.425 e. The van der Waals surface area contributed by atoms with Crippen LogP contribution in [0.3, 0.4) is 0 Å². The molecule has 4 nitrogen and oxygen atoms in total. The molecular weight excluding hydrogens is 420 g/mol. The van der Waals surface area contributed by atoms with E-state index in [1.165, 1.54) is 43.2 Å². The lowest BCUT2D eigenvalue weighted by Crippen LogP contribution is -2.55. The predicted molar refractivity (Wildman–Crippen MR) is 140 cm³/mol. The van der Waals surface area contributed by atoms with E-state index in [1.54, 1.807) is 5.56 Å². The van der Waals surface area contributed by atoms with Crippen LogP contribution >= 0.6 is 0 Å². The fraction of sp³-hybridized carbons (Fsp3) is 0.767. The molecule has 2 fully saturated rings. The third-order valence-corrected chi connectivity index (χ3v) is 10.2. The zero-order valence-corrected chi connectivity index (χ0v) is 22.8. The molecule has 5 atom stereocenters. The molecule has 0 radical (unpaired) electrons. The Labute approximate surface area is 208 Å². The topological polar surface area (TPSA) is 50.4 Å². The summed E-state index contributed by atoms with van der Waals surface area (Å²) in [6.07, 6.45) is 10.7. The van der Waals surface area contributed by atoms with Gasteiger partial charge in [0.2, 0.25) is 0 Å². The third-order valence-electron chi connectivity index (χ3n) is 10.2. The predicted octanol–water partition coefficient (Wildman–Crippen LogP) is 5.93. The van der Waals surface area contributed by atoms with Gasteiger partial charge in [-0.05, 0) is 129 Å². The second kappa shape index (κ2) is 9.58. The molecule has 3 aliphatic carbocycles. The molecule has 4 rings (SSSR count). The van der Waals surface area contributed by atoms with Gasteiger partial charge in [0.25, 0.3) is 0 Å². The maximum absolute atomic E-state index is 12.9. The molecule has 2 N–H and O–H groups in total. The maximum Gasteiger partial charge on any atom is 0.328 e. The summed E-state index contributed by atoms with van der Waals surface area (Å²) in [6, 6.07) is 4.07. The molecule has 0 spiro atoms. The van der Waals surface area contributed by atoms with Gasteiger partial charge in [-0.3, -0.25) is 0 Å². The van der Waals surface area contributed by atoms with Crippen LogP contribution in [0.2, 0.25) is 0 Å². The quantitative estimate of drug-likeness (QED) is 0.282. The molecule has 3 aliphatic rings. The van der Waals surface area contributed by atoms with Crippen molar-refractivity contribution < 1.29 is 9.53 Å². The lowest BCUT2D eigenvalue weighted by molar-refractivity contribution is -0.136. The Balaban J connectivity index is 1.55. The Hall–Kier alpha value is -1.39. The number of ether oxygens (including phenoxy) is 1. The number of likely N-dealkylation sites (N-methyl/N-ethyl adjacent to an activating group) is 1. The summed E-state index contributed by atoms with van der Waals surface area (Å²) in [6.45, 7) is 13.4. The monoisotopic (exact) mass is 468 g/mol. The molecular formula is C30H48N2O2. The molecule has 2 saturated carbocycles. The standard InChI is InChI=1S/C30H48N2O2/c1-20-17-22(34-27(33)23(32-7)11-8-9-16-31-6)18-21-19-25-29(4)14-10-13-28(2,3)24(29)12-15-30(25,5)26(20)21/h17-18,23-25,31-32H,8-16,19H2,1-7H3/t23?,24?,25-,29+,30-/m1/s1. The van der Waals surface area contributed by atoms with Crippen molar-refractivity contribution in [3.63, 3.8) is 0 Å². The average molecular weight is 469 g/mol. The van der Waals surface area contributed by atoms with Crippen molar-refractivity contribution >= 4 is 5.97 Å². The highest BCUT2D eigenvalue weighted by Crippen LogP contribution is 2.67. The first-order valence-electron chi connectivity index (χ1n) is 13.7. The Bertz CT molecular complexity index is 909. The zero-order valence-electron chi connectivity index (χ0n) is 22.8. The van der Waals surface area contributed by atoms with Gasteiger partial charge in [0.05, 0.1) is 0 Å². The number of hydrogen-bond donors (Lipinski definition) is 2. The van der Waals surface area contributed by atoms with Crippen molar-refractivity contribution in [2.24, 2.45) is 22.7 Å². The number of fused-ring (bicyclic) bond motifs is 5. The highest BCUT2D eigenvalue weighted by atomic mass is 16.5. The summed E-state index contributed by atoms with van der Waals surface area (Å²) in [4.78, 5) is 12.9. The normalized spacial score (nSPS) is 32.4. The van der Waals surface area contributed by atoms with Crippen LogP contribution in [0.1, 0.15) is 95.8 Å². The lowest BCUT2D eigenvalue weighted by Gasteiger charge is -2.61. The third kappa shape index (κ3) is 4.34. The van der Waals surface area contributed by atoms with E-state index in [1.807, 2.05) is 14.1 Å². The number of carbonyl (C=O) groups is 1. The Morgan fingerprint density at radius 2 is 1.85 bits per heavy atom. The molecule has 4 heteroatoms. The molecule has 0 bridgehead atoms. The van der Waals surface area contributed by atoms with Gasteiger partial charge in [-0.25, -0.2) is 4.79 Å². The molecule has 2 unspecified atom stereocenters. The van der Waals surface area contributed by atoms with Crippen LogP contribution in [0.5, 0.6) is 5.75 Å². The maximum atomic E-state index is 12.9. The number of benzene rings is 1. The first-order valence-corrected chi connectivity index (χ1v) is 13.7. The van der Waals surface area contributed by atoms with Crippen molar-refractivity contribution in [3.8, 4) is 5.75 Å². The van der Waals surface area contributed by atoms with Crippen LogP contribution in [-0.2, 0) is 16.6 Å². The van der Waals surface area contributed by atoms with E-state index < -0.39 is 0 Å². The van der Waals surface area contributed by atoms with Gasteiger partial charge < -0.3 is 15.4 Å². The van der Waals surface area contributed by atoms with E-state index in [-0.39, 0.29) is 17.4 Å². The smallest absolute Gasteiger partial charge is 0.328 e. The Kier molecular flexibility index (Phi) is 7.24. The number of aryl methyl sites for hydroxylation is 1. The van der Waals surface area contributed by atoms with E-state index in [4.69, 9.17) is 4.74 Å². The lowest BCUT2D eigenvalue weighted by atomic mass is 9.43.